The zero-order valence-electron chi connectivity index (χ0n) is 28.3. The van der Waals surface area contributed by atoms with Gasteiger partial charge >= 0.3 is 6.03 Å². The summed E-state index contributed by atoms with van der Waals surface area (Å²) in [5.41, 5.74) is 2.49. The van der Waals surface area contributed by atoms with Crippen LogP contribution in [0.4, 0.5) is 16.2 Å². The van der Waals surface area contributed by atoms with Crippen molar-refractivity contribution >= 4 is 23.3 Å². The number of ether oxygens (including phenoxy) is 4. The summed E-state index contributed by atoms with van der Waals surface area (Å²) in [7, 11) is 2.08. The number of carbonyl (C=O) groups is 2. The average Bonchev–Trinajstić information content (AvgIpc) is 3.54. The Bertz CT molecular complexity index is 1520. The van der Waals surface area contributed by atoms with Crippen molar-refractivity contribution in [3.8, 4) is 17.2 Å². The fourth-order valence-corrected chi connectivity index (χ4v) is 6.00. The molecule has 5 rings (SSSR count). The number of fused-ring (bicyclic) bond motifs is 2. The maximum atomic E-state index is 14.4. The number of hydrogen-bond acceptors (Lipinski definition) is 8. The van der Waals surface area contributed by atoms with Gasteiger partial charge in [-0.1, -0.05) is 37.3 Å². The topological polar surface area (TPSA) is 122 Å². The number of aliphatic hydroxyl groups is 1. The normalized spacial score (nSPS) is 20.8. The number of benzene rings is 3. The van der Waals surface area contributed by atoms with Gasteiger partial charge in [-0.2, -0.15) is 0 Å². The Hall–Kier alpha value is -4.32. The van der Waals surface area contributed by atoms with Gasteiger partial charge in [-0.3, -0.25) is 9.69 Å². The number of rotatable bonds is 8. The molecule has 2 aliphatic heterocycles. The molecular weight excluding hydrogens is 612 g/mol. The number of likely N-dealkylation sites (N-methyl/N-ethyl adjacent to an activating group) is 1. The van der Waals surface area contributed by atoms with E-state index in [0.717, 1.165) is 25.8 Å². The lowest BCUT2D eigenvalue weighted by Crippen LogP contribution is -2.47. The van der Waals surface area contributed by atoms with Crippen molar-refractivity contribution in [2.24, 2.45) is 5.92 Å². The van der Waals surface area contributed by atoms with Gasteiger partial charge in [0.25, 0.3) is 5.91 Å². The highest BCUT2D eigenvalue weighted by molar-refractivity contribution is 6.02. The molecule has 0 saturated heterocycles. The van der Waals surface area contributed by atoms with Crippen LogP contribution >= 0.6 is 0 Å². The number of anilines is 2. The van der Waals surface area contributed by atoms with Gasteiger partial charge < -0.3 is 39.6 Å². The minimum absolute atomic E-state index is 0.0406. The SMILES string of the molecule is C[C@@H]1CCCCO[C@H](CN(C)Cc2ccccc2)[C@@H](C)CN([C@@H](C)CO)C(=O)c2cc(NC(=O)Nc3ccc4c(c3)OCO4)ccc2O1. The molecule has 3 amide bonds. The van der Waals surface area contributed by atoms with E-state index in [1.165, 1.54) is 5.56 Å². The largest absolute Gasteiger partial charge is 0.490 e. The Morgan fingerprint density at radius 1 is 0.979 bits per heavy atom. The van der Waals surface area contributed by atoms with E-state index in [9.17, 15) is 14.7 Å². The summed E-state index contributed by atoms with van der Waals surface area (Å²) in [6, 6.07) is 19.6. The van der Waals surface area contributed by atoms with Crippen LogP contribution < -0.4 is 24.8 Å². The molecule has 0 aliphatic carbocycles. The van der Waals surface area contributed by atoms with Crippen LogP contribution in [-0.2, 0) is 11.3 Å². The van der Waals surface area contributed by atoms with E-state index >= 15 is 0 Å². The van der Waals surface area contributed by atoms with Crippen LogP contribution in [0.15, 0.2) is 66.7 Å². The van der Waals surface area contributed by atoms with E-state index in [1.807, 2.05) is 32.0 Å². The number of aliphatic hydroxyl groups excluding tert-OH is 1. The fourth-order valence-electron chi connectivity index (χ4n) is 6.00. The monoisotopic (exact) mass is 660 g/mol. The van der Waals surface area contributed by atoms with Gasteiger partial charge in [-0.25, -0.2) is 4.79 Å². The first-order chi connectivity index (χ1) is 23.2. The standard InChI is InChI=1S/C37H48N4O7/c1-25-20-41(26(2)23-42)36(43)31-18-29(38-37(44)39-30-14-16-33-34(19-30)47-24-46-33)13-15-32(31)48-27(3)10-8-9-17-45-35(25)22-40(4)21-28-11-6-5-7-12-28/h5-7,11-16,18-19,25-27,35,42H,8-10,17,20-24H2,1-4H3,(H2,38,39,44)/t25-,26-,27+,35+/m0/s1. The molecule has 11 heteroatoms. The van der Waals surface area contributed by atoms with Crippen LogP contribution in [0.3, 0.4) is 0 Å². The predicted molar refractivity (Wildman–Crippen MR) is 185 cm³/mol. The first-order valence-electron chi connectivity index (χ1n) is 16.7. The first-order valence-corrected chi connectivity index (χ1v) is 16.7. The molecule has 4 atom stereocenters. The lowest BCUT2D eigenvalue weighted by atomic mass is 10.0. The van der Waals surface area contributed by atoms with Gasteiger partial charge in [0.15, 0.2) is 11.5 Å². The molecule has 3 aromatic carbocycles. The summed E-state index contributed by atoms with van der Waals surface area (Å²) >= 11 is 0. The van der Waals surface area contributed by atoms with Gasteiger partial charge in [0.2, 0.25) is 6.79 Å². The highest BCUT2D eigenvalue weighted by Crippen LogP contribution is 2.34. The number of nitrogens with one attached hydrogen (secondary N) is 2. The summed E-state index contributed by atoms with van der Waals surface area (Å²) in [4.78, 5) is 31.3. The molecule has 258 valence electrons. The van der Waals surface area contributed by atoms with Gasteiger partial charge in [-0.05, 0) is 76.1 Å². The molecule has 48 heavy (non-hydrogen) atoms. The third-order valence-electron chi connectivity index (χ3n) is 8.73. The maximum Gasteiger partial charge on any atom is 0.323 e. The second kappa shape index (κ2) is 16.7. The van der Waals surface area contributed by atoms with E-state index in [0.29, 0.717) is 53.9 Å². The van der Waals surface area contributed by atoms with Crippen LogP contribution in [0.25, 0.3) is 0 Å². The van der Waals surface area contributed by atoms with Crippen LogP contribution in [0, 0.1) is 5.92 Å². The molecule has 0 spiro atoms. The van der Waals surface area contributed by atoms with Crippen molar-refractivity contribution in [2.75, 3.05) is 50.8 Å². The molecule has 0 saturated carbocycles. The summed E-state index contributed by atoms with van der Waals surface area (Å²) < 4.78 is 23.6. The second-order valence-electron chi connectivity index (χ2n) is 12.8. The molecule has 0 aromatic heterocycles. The van der Waals surface area contributed by atoms with Crippen LogP contribution in [0.5, 0.6) is 17.2 Å². The smallest absolute Gasteiger partial charge is 0.323 e. The number of amides is 3. The Morgan fingerprint density at radius 2 is 1.69 bits per heavy atom. The Kier molecular flexibility index (Phi) is 12.2. The molecular formula is C37H48N4O7. The van der Waals surface area contributed by atoms with Crippen LogP contribution in [-0.4, -0.2) is 85.2 Å². The Morgan fingerprint density at radius 3 is 2.44 bits per heavy atom. The summed E-state index contributed by atoms with van der Waals surface area (Å²) in [6.45, 7) is 8.29. The van der Waals surface area contributed by atoms with Crippen molar-refractivity contribution in [1.29, 1.82) is 0 Å². The number of carbonyl (C=O) groups excluding carboxylic acids is 2. The average molecular weight is 661 g/mol. The number of nitrogens with zero attached hydrogens (tertiary/aromatic N) is 2. The second-order valence-corrected chi connectivity index (χ2v) is 12.8. The minimum Gasteiger partial charge on any atom is -0.490 e. The highest BCUT2D eigenvalue weighted by Gasteiger charge is 2.30. The third-order valence-corrected chi connectivity index (χ3v) is 8.73. The van der Waals surface area contributed by atoms with Crippen LogP contribution in [0.2, 0.25) is 0 Å². The molecule has 2 heterocycles. The highest BCUT2D eigenvalue weighted by atomic mass is 16.7. The number of hydrogen-bond donors (Lipinski definition) is 3. The maximum absolute atomic E-state index is 14.4. The fraction of sp³-hybridized carbons (Fsp3) is 0.459. The van der Waals surface area contributed by atoms with Crippen LogP contribution in [0.1, 0.15) is 56.0 Å². The summed E-state index contributed by atoms with van der Waals surface area (Å²) in [6.07, 6.45) is 2.31. The molecule has 3 N–H and O–H groups in total. The van der Waals surface area contributed by atoms with E-state index in [4.69, 9.17) is 18.9 Å². The van der Waals surface area contributed by atoms with Gasteiger partial charge in [0.1, 0.15) is 5.75 Å². The van der Waals surface area contributed by atoms with Gasteiger partial charge in [0, 0.05) is 49.6 Å². The molecule has 0 radical (unpaired) electrons. The summed E-state index contributed by atoms with van der Waals surface area (Å²) in [5, 5.41) is 15.9. The predicted octanol–water partition coefficient (Wildman–Crippen LogP) is 5.99. The van der Waals surface area contributed by atoms with Crippen molar-refractivity contribution in [1.82, 2.24) is 9.80 Å². The molecule has 0 bridgehead atoms. The van der Waals surface area contributed by atoms with E-state index < -0.39 is 12.1 Å². The van der Waals surface area contributed by atoms with Crippen molar-refractivity contribution < 1.29 is 33.6 Å². The molecule has 0 unspecified atom stereocenters. The van der Waals surface area contributed by atoms with E-state index in [2.05, 4.69) is 41.6 Å². The zero-order valence-corrected chi connectivity index (χ0v) is 28.3. The summed E-state index contributed by atoms with van der Waals surface area (Å²) in [5.74, 6) is 1.27. The lowest BCUT2D eigenvalue weighted by molar-refractivity contribution is -0.0177. The van der Waals surface area contributed by atoms with E-state index in [-0.39, 0.29) is 37.4 Å². The number of urea groups is 1. The molecule has 3 aromatic rings. The molecule has 2 aliphatic rings. The molecule has 11 nitrogen and oxygen atoms in total. The minimum atomic E-state index is -0.481. The lowest BCUT2D eigenvalue weighted by Gasteiger charge is -2.36. The van der Waals surface area contributed by atoms with Crippen molar-refractivity contribution in [2.45, 2.75) is 64.8 Å². The Balaban J connectivity index is 1.36. The Labute approximate surface area is 283 Å². The zero-order chi connectivity index (χ0) is 34.0. The van der Waals surface area contributed by atoms with Crippen molar-refractivity contribution in [3.63, 3.8) is 0 Å². The molecule has 0 fully saturated rings. The first kappa shape index (κ1) is 35.0. The van der Waals surface area contributed by atoms with Gasteiger partial charge in [-0.15, -0.1) is 0 Å². The van der Waals surface area contributed by atoms with Gasteiger partial charge in [0.05, 0.1) is 30.4 Å². The van der Waals surface area contributed by atoms with Crippen molar-refractivity contribution in [3.05, 3.63) is 77.9 Å². The third kappa shape index (κ3) is 9.40. The quantitative estimate of drug-likeness (QED) is 0.270. The van der Waals surface area contributed by atoms with E-state index in [1.54, 1.807) is 41.3 Å².